The van der Waals surface area contributed by atoms with Gasteiger partial charge in [-0.3, -0.25) is 0 Å². The Bertz CT molecular complexity index is 475. The molecule has 1 aromatic rings. The quantitative estimate of drug-likeness (QED) is 0.476. The van der Waals surface area contributed by atoms with Crippen molar-refractivity contribution in [3.8, 4) is 0 Å². The Kier molecular flexibility index (Phi) is 4.95. The minimum absolute atomic E-state index is 0.0356. The molecule has 0 saturated carbocycles. The molecular formula is C14H22N6. The lowest BCUT2D eigenvalue weighted by Crippen LogP contribution is -2.28. The molecule has 1 aromatic carbocycles. The summed E-state index contributed by atoms with van der Waals surface area (Å²) in [6.07, 6.45) is 2.84. The average molecular weight is 274 g/mol. The Balaban J connectivity index is 2.00. The maximum absolute atomic E-state index is 5.21. The summed E-state index contributed by atoms with van der Waals surface area (Å²) in [7, 11) is 2.17. The van der Waals surface area contributed by atoms with Crippen LogP contribution in [-0.2, 0) is 0 Å². The number of hydrogen-bond donors (Lipinski definition) is 2. The number of rotatable bonds is 3. The number of anilines is 1. The smallest absolute Gasteiger partial charge is 0.211 e. The minimum Gasteiger partial charge on any atom is -0.370 e. The van der Waals surface area contributed by atoms with E-state index < -0.39 is 0 Å². The molecule has 0 aliphatic carbocycles. The summed E-state index contributed by atoms with van der Waals surface area (Å²) < 4.78 is 0. The Morgan fingerprint density at radius 2 is 1.85 bits per heavy atom. The van der Waals surface area contributed by atoms with Gasteiger partial charge in [-0.1, -0.05) is 12.1 Å². The van der Waals surface area contributed by atoms with Crippen LogP contribution in [0.5, 0.6) is 0 Å². The van der Waals surface area contributed by atoms with Gasteiger partial charge in [0.25, 0.3) is 0 Å². The molecular weight excluding hydrogens is 252 g/mol. The van der Waals surface area contributed by atoms with Gasteiger partial charge in [-0.25, -0.2) is 0 Å². The van der Waals surface area contributed by atoms with E-state index in [9.17, 15) is 0 Å². The number of nitrogens with zero attached hydrogens (tertiary/aromatic N) is 4. The number of nitrogens with two attached hydrogens (primary N) is 2. The summed E-state index contributed by atoms with van der Waals surface area (Å²) in [5.74, 6) is -0.0356. The topological polar surface area (TPSA) is 83.2 Å². The first-order valence-corrected chi connectivity index (χ1v) is 6.80. The average Bonchev–Trinajstić information content (AvgIpc) is 2.64. The fourth-order valence-electron chi connectivity index (χ4n) is 2.24. The van der Waals surface area contributed by atoms with Crippen LogP contribution in [0.15, 0.2) is 34.5 Å². The van der Waals surface area contributed by atoms with Crippen LogP contribution in [0.2, 0.25) is 0 Å². The van der Waals surface area contributed by atoms with Crippen LogP contribution < -0.4 is 16.4 Å². The maximum atomic E-state index is 5.21. The molecule has 0 amide bonds. The molecule has 0 radical (unpaired) electrons. The zero-order valence-electron chi connectivity index (χ0n) is 11.9. The summed E-state index contributed by atoms with van der Waals surface area (Å²) in [6.45, 7) is 4.44. The third kappa shape index (κ3) is 4.24. The van der Waals surface area contributed by atoms with Crippen molar-refractivity contribution >= 4 is 17.9 Å². The first-order valence-electron chi connectivity index (χ1n) is 6.80. The zero-order valence-corrected chi connectivity index (χ0v) is 11.9. The van der Waals surface area contributed by atoms with Gasteiger partial charge in [0.1, 0.15) is 0 Å². The Labute approximate surface area is 119 Å². The van der Waals surface area contributed by atoms with Crippen LogP contribution in [0.4, 0.5) is 5.69 Å². The standard InChI is InChI=1S/C14H22N6/c1-19-7-2-8-20(10-9-19)13-5-3-12(4-6-13)11-17-18-14(15)16/h3-6,11H,2,7-10H2,1H3,(H4,15,16,18). The Morgan fingerprint density at radius 1 is 1.10 bits per heavy atom. The van der Waals surface area contributed by atoms with Gasteiger partial charge in [0.2, 0.25) is 5.96 Å². The van der Waals surface area contributed by atoms with Crippen LogP contribution in [0.25, 0.3) is 0 Å². The van der Waals surface area contributed by atoms with E-state index in [0.717, 1.165) is 25.2 Å². The van der Waals surface area contributed by atoms with E-state index in [4.69, 9.17) is 11.5 Å². The van der Waals surface area contributed by atoms with Gasteiger partial charge in [0.15, 0.2) is 0 Å². The van der Waals surface area contributed by atoms with E-state index >= 15 is 0 Å². The molecule has 0 unspecified atom stereocenters. The molecule has 1 heterocycles. The molecule has 0 bridgehead atoms. The van der Waals surface area contributed by atoms with E-state index in [1.54, 1.807) is 6.21 Å². The molecule has 108 valence electrons. The van der Waals surface area contributed by atoms with E-state index in [1.807, 2.05) is 12.1 Å². The van der Waals surface area contributed by atoms with Crippen LogP contribution in [0.3, 0.4) is 0 Å². The van der Waals surface area contributed by atoms with Crippen molar-refractivity contribution in [2.24, 2.45) is 21.7 Å². The molecule has 0 atom stereocenters. The highest BCUT2D eigenvalue weighted by atomic mass is 15.3. The second-order valence-corrected chi connectivity index (χ2v) is 5.00. The molecule has 0 aromatic heterocycles. The molecule has 4 N–H and O–H groups in total. The second kappa shape index (κ2) is 6.91. The van der Waals surface area contributed by atoms with Gasteiger partial charge < -0.3 is 21.3 Å². The Hall–Kier alpha value is -2.08. The van der Waals surface area contributed by atoms with Crippen LogP contribution in [0.1, 0.15) is 12.0 Å². The predicted octanol–water partition coefficient (Wildman–Crippen LogP) is 0.436. The molecule has 6 heteroatoms. The third-order valence-electron chi connectivity index (χ3n) is 3.36. The lowest BCUT2D eigenvalue weighted by Gasteiger charge is -2.22. The summed E-state index contributed by atoms with van der Waals surface area (Å²) in [5.41, 5.74) is 12.6. The van der Waals surface area contributed by atoms with Crippen molar-refractivity contribution in [1.82, 2.24) is 4.90 Å². The van der Waals surface area contributed by atoms with Gasteiger partial charge in [-0.05, 0) is 37.7 Å². The van der Waals surface area contributed by atoms with E-state index in [2.05, 4.69) is 39.2 Å². The molecule has 1 saturated heterocycles. The zero-order chi connectivity index (χ0) is 14.4. The van der Waals surface area contributed by atoms with Crippen molar-refractivity contribution in [2.75, 3.05) is 38.1 Å². The summed E-state index contributed by atoms with van der Waals surface area (Å²) in [4.78, 5) is 4.79. The van der Waals surface area contributed by atoms with Gasteiger partial charge in [-0.15, -0.1) is 5.10 Å². The first-order chi connectivity index (χ1) is 9.65. The molecule has 1 aliphatic heterocycles. The number of likely N-dealkylation sites (N-methyl/N-ethyl adjacent to an activating group) is 1. The molecule has 0 spiro atoms. The van der Waals surface area contributed by atoms with Crippen molar-refractivity contribution in [3.05, 3.63) is 29.8 Å². The summed E-state index contributed by atoms with van der Waals surface area (Å²) in [6, 6.07) is 8.27. The van der Waals surface area contributed by atoms with Crippen molar-refractivity contribution in [2.45, 2.75) is 6.42 Å². The van der Waals surface area contributed by atoms with Gasteiger partial charge in [-0.2, -0.15) is 5.10 Å². The van der Waals surface area contributed by atoms with Crippen molar-refractivity contribution in [3.63, 3.8) is 0 Å². The highest BCUT2D eigenvalue weighted by molar-refractivity contribution is 5.82. The lowest BCUT2D eigenvalue weighted by atomic mass is 10.2. The van der Waals surface area contributed by atoms with Crippen LogP contribution >= 0.6 is 0 Å². The largest absolute Gasteiger partial charge is 0.370 e. The molecule has 1 aliphatic rings. The van der Waals surface area contributed by atoms with E-state index in [0.29, 0.717) is 0 Å². The fraction of sp³-hybridized carbons (Fsp3) is 0.429. The van der Waals surface area contributed by atoms with Crippen molar-refractivity contribution < 1.29 is 0 Å². The number of guanidine groups is 1. The normalized spacial score (nSPS) is 17.1. The molecule has 2 rings (SSSR count). The minimum atomic E-state index is -0.0356. The number of hydrogen-bond acceptors (Lipinski definition) is 4. The van der Waals surface area contributed by atoms with Crippen LogP contribution in [0, 0.1) is 0 Å². The second-order valence-electron chi connectivity index (χ2n) is 5.00. The SMILES string of the molecule is CN1CCCN(c2ccc(C=NN=C(N)N)cc2)CC1. The molecule has 1 fully saturated rings. The van der Waals surface area contributed by atoms with Gasteiger partial charge in [0, 0.05) is 25.3 Å². The lowest BCUT2D eigenvalue weighted by molar-refractivity contribution is 0.360. The van der Waals surface area contributed by atoms with E-state index in [-0.39, 0.29) is 5.96 Å². The van der Waals surface area contributed by atoms with Gasteiger partial charge >= 0.3 is 0 Å². The van der Waals surface area contributed by atoms with Crippen molar-refractivity contribution in [1.29, 1.82) is 0 Å². The fourth-order valence-corrected chi connectivity index (χ4v) is 2.24. The number of benzene rings is 1. The first kappa shape index (κ1) is 14.3. The van der Waals surface area contributed by atoms with E-state index in [1.165, 1.54) is 18.7 Å². The highest BCUT2D eigenvalue weighted by Crippen LogP contribution is 2.16. The predicted molar refractivity (Wildman–Crippen MR) is 84.2 cm³/mol. The summed E-state index contributed by atoms with van der Waals surface area (Å²) in [5, 5.41) is 7.38. The Morgan fingerprint density at radius 3 is 2.55 bits per heavy atom. The maximum Gasteiger partial charge on any atom is 0.211 e. The third-order valence-corrected chi connectivity index (χ3v) is 3.36. The highest BCUT2D eigenvalue weighted by Gasteiger charge is 2.12. The monoisotopic (exact) mass is 274 g/mol. The summed E-state index contributed by atoms with van der Waals surface area (Å²) >= 11 is 0. The van der Waals surface area contributed by atoms with Crippen LogP contribution in [-0.4, -0.2) is 50.3 Å². The molecule has 20 heavy (non-hydrogen) atoms. The molecule has 6 nitrogen and oxygen atoms in total. The van der Waals surface area contributed by atoms with Gasteiger partial charge in [0.05, 0.1) is 6.21 Å².